The van der Waals surface area contributed by atoms with Crippen LogP contribution >= 0.6 is 0 Å². The summed E-state index contributed by atoms with van der Waals surface area (Å²) in [4.78, 5) is 4.46. The predicted molar refractivity (Wildman–Crippen MR) is 57.1 cm³/mol. The normalized spacial score (nSPS) is 23.2. The van der Waals surface area contributed by atoms with E-state index in [1.807, 2.05) is 13.1 Å². The quantitative estimate of drug-likeness (QED) is 0.770. The van der Waals surface area contributed by atoms with Crippen molar-refractivity contribution in [2.45, 2.75) is 45.7 Å². The van der Waals surface area contributed by atoms with Crippen molar-refractivity contribution in [3.05, 3.63) is 17.7 Å². The Labute approximate surface area is 85.3 Å². The molecule has 78 valence electrons. The number of nitrogens with two attached hydrogens (primary N) is 1. The Morgan fingerprint density at radius 3 is 3.21 bits per heavy atom. The molecule has 0 saturated carbocycles. The zero-order valence-corrected chi connectivity index (χ0v) is 9.03. The van der Waals surface area contributed by atoms with Crippen LogP contribution in [0.5, 0.6) is 0 Å². The van der Waals surface area contributed by atoms with E-state index in [0.717, 1.165) is 18.9 Å². The second-order valence-corrected chi connectivity index (χ2v) is 4.60. The average molecular weight is 193 g/mol. The molecule has 2 heterocycles. The maximum absolute atomic E-state index is 5.80. The minimum atomic E-state index is 0.207. The SMILES string of the molecule is CC(N)Cc1ncc2n1CC(C)CC2. The molecule has 3 heteroatoms. The lowest BCUT2D eigenvalue weighted by Gasteiger charge is -2.22. The summed E-state index contributed by atoms with van der Waals surface area (Å²) < 4.78 is 2.36. The van der Waals surface area contributed by atoms with Gasteiger partial charge in [0.05, 0.1) is 0 Å². The van der Waals surface area contributed by atoms with Crippen LogP contribution in [0.2, 0.25) is 0 Å². The summed E-state index contributed by atoms with van der Waals surface area (Å²) in [5.41, 5.74) is 7.19. The van der Waals surface area contributed by atoms with Gasteiger partial charge in [-0.2, -0.15) is 0 Å². The first-order chi connectivity index (χ1) is 6.66. The Morgan fingerprint density at radius 1 is 1.71 bits per heavy atom. The fourth-order valence-corrected chi connectivity index (χ4v) is 2.12. The van der Waals surface area contributed by atoms with Crippen molar-refractivity contribution in [2.75, 3.05) is 0 Å². The first kappa shape index (κ1) is 9.71. The summed E-state index contributed by atoms with van der Waals surface area (Å²) in [6.07, 6.45) is 5.38. The van der Waals surface area contributed by atoms with Crippen molar-refractivity contribution in [3.8, 4) is 0 Å². The molecule has 0 saturated heterocycles. The second kappa shape index (κ2) is 3.73. The Hall–Kier alpha value is -0.830. The molecule has 0 bridgehead atoms. The van der Waals surface area contributed by atoms with Gasteiger partial charge in [-0.15, -0.1) is 0 Å². The highest BCUT2D eigenvalue weighted by Crippen LogP contribution is 2.21. The highest BCUT2D eigenvalue weighted by Gasteiger charge is 2.18. The third kappa shape index (κ3) is 1.82. The molecular weight excluding hydrogens is 174 g/mol. The molecule has 2 rings (SSSR count). The van der Waals surface area contributed by atoms with E-state index in [2.05, 4.69) is 16.5 Å². The minimum absolute atomic E-state index is 0.207. The predicted octanol–water partition coefficient (Wildman–Crippen LogP) is 1.36. The summed E-state index contributed by atoms with van der Waals surface area (Å²) in [5, 5.41) is 0. The van der Waals surface area contributed by atoms with Gasteiger partial charge in [-0.05, 0) is 25.7 Å². The van der Waals surface area contributed by atoms with E-state index in [1.165, 1.54) is 24.4 Å². The molecule has 2 N–H and O–H groups in total. The lowest BCUT2D eigenvalue weighted by atomic mass is 10.0. The van der Waals surface area contributed by atoms with E-state index in [0.29, 0.717) is 0 Å². The summed E-state index contributed by atoms with van der Waals surface area (Å²) >= 11 is 0. The number of aromatic nitrogens is 2. The van der Waals surface area contributed by atoms with E-state index in [-0.39, 0.29) is 6.04 Å². The molecule has 2 atom stereocenters. The lowest BCUT2D eigenvalue weighted by Crippen LogP contribution is -2.24. The van der Waals surface area contributed by atoms with Gasteiger partial charge < -0.3 is 10.3 Å². The van der Waals surface area contributed by atoms with E-state index in [1.54, 1.807) is 0 Å². The number of hydrogen-bond donors (Lipinski definition) is 1. The van der Waals surface area contributed by atoms with Crippen LogP contribution in [0.1, 0.15) is 31.8 Å². The molecule has 14 heavy (non-hydrogen) atoms. The molecule has 2 unspecified atom stereocenters. The summed E-state index contributed by atoms with van der Waals surface area (Å²) in [6.45, 7) is 5.46. The maximum atomic E-state index is 5.80. The van der Waals surface area contributed by atoms with Crippen molar-refractivity contribution >= 4 is 0 Å². The highest BCUT2D eigenvalue weighted by atomic mass is 15.1. The molecule has 1 aromatic heterocycles. The fourth-order valence-electron chi connectivity index (χ4n) is 2.12. The van der Waals surface area contributed by atoms with Gasteiger partial charge in [0.25, 0.3) is 0 Å². The van der Waals surface area contributed by atoms with Gasteiger partial charge in [-0.25, -0.2) is 4.98 Å². The molecule has 3 nitrogen and oxygen atoms in total. The number of aryl methyl sites for hydroxylation is 1. The number of fused-ring (bicyclic) bond motifs is 1. The van der Waals surface area contributed by atoms with Crippen LogP contribution in [0.25, 0.3) is 0 Å². The monoisotopic (exact) mass is 193 g/mol. The third-order valence-corrected chi connectivity index (χ3v) is 2.91. The van der Waals surface area contributed by atoms with E-state index >= 15 is 0 Å². The maximum Gasteiger partial charge on any atom is 0.110 e. The van der Waals surface area contributed by atoms with Crippen LogP contribution in [0, 0.1) is 5.92 Å². The topological polar surface area (TPSA) is 43.8 Å². The third-order valence-electron chi connectivity index (χ3n) is 2.91. The highest BCUT2D eigenvalue weighted by molar-refractivity contribution is 5.09. The van der Waals surface area contributed by atoms with Gasteiger partial charge in [0.2, 0.25) is 0 Å². The standard InChI is InChI=1S/C11H19N3/c1-8-3-4-10-6-13-11(5-9(2)12)14(10)7-8/h6,8-9H,3-5,7,12H2,1-2H3. The number of nitrogens with zero attached hydrogens (tertiary/aromatic N) is 2. The molecule has 1 aliphatic heterocycles. The smallest absolute Gasteiger partial charge is 0.110 e. The molecule has 0 aliphatic carbocycles. The largest absolute Gasteiger partial charge is 0.332 e. The van der Waals surface area contributed by atoms with Crippen LogP contribution in [0.15, 0.2) is 6.20 Å². The minimum Gasteiger partial charge on any atom is -0.332 e. The van der Waals surface area contributed by atoms with Crippen LogP contribution in [-0.4, -0.2) is 15.6 Å². The Bertz CT molecular complexity index is 314. The van der Waals surface area contributed by atoms with Crippen molar-refractivity contribution in [2.24, 2.45) is 11.7 Å². The van der Waals surface area contributed by atoms with Gasteiger partial charge in [0.1, 0.15) is 5.82 Å². The van der Waals surface area contributed by atoms with Crippen molar-refractivity contribution in [3.63, 3.8) is 0 Å². The van der Waals surface area contributed by atoms with Crippen molar-refractivity contribution in [1.29, 1.82) is 0 Å². The Morgan fingerprint density at radius 2 is 2.50 bits per heavy atom. The molecular formula is C11H19N3. The number of rotatable bonds is 2. The average Bonchev–Trinajstić information content (AvgIpc) is 2.47. The molecule has 0 fully saturated rings. The van der Waals surface area contributed by atoms with Crippen LogP contribution in [0.4, 0.5) is 0 Å². The molecule has 0 aromatic carbocycles. The molecule has 0 radical (unpaired) electrons. The van der Waals surface area contributed by atoms with Crippen LogP contribution < -0.4 is 5.73 Å². The first-order valence-electron chi connectivity index (χ1n) is 5.45. The summed E-state index contributed by atoms with van der Waals surface area (Å²) in [5.74, 6) is 1.95. The lowest BCUT2D eigenvalue weighted by molar-refractivity contribution is 0.388. The van der Waals surface area contributed by atoms with Gasteiger partial charge in [-0.1, -0.05) is 6.92 Å². The second-order valence-electron chi connectivity index (χ2n) is 4.60. The number of hydrogen-bond acceptors (Lipinski definition) is 2. The van der Waals surface area contributed by atoms with Gasteiger partial charge in [0, 0.05) is 30.9 Å². The Balaban J connectivity index is 2.22. The number of imidazole rings is 1. The van der Waals surface area contributed by atoms with E-state index in [4.69, 9.17) is 5.73 Å². The summed E-state index contributed by atoms with van der Waals surface area (Å²) in [6, 6.07) is 0.207. The Kier molecular flexibility index (Phi) is 2.59. The van der Waals surface area contributed by atoms with Crippen molar-refractivity contribution in [1.82, 2.24) is 9.55 Å². The van der Waals surface area contributed by atoms with Crippen LogP contribution in [-0.2, 0) is 19.4 Å². The molecule has 1 aromatic rings. The molecule has 0 amide bonds. The van der Waals surface area contributed by atoms with E-state index < -0.39 is 0 Å². The van der Waals surface area contributed by atoms with E-state index in [9.17, 15) is 0 Å². The van der Waals surface area contributed by atoms with Gasteiger partial charge in [-0.3, -0.25) is 0 Å². The summed E-state index contributed by atoms with van der Waals surface area (Å²) in [7, 11) is 0. The van der Waals surface area contributed by atoms with Gasteiger partial charge in [0.15, 0.2) is 0 Å². The molecule has 0 spiro atoms. The zero-order valence-electron chi connectivity index (χ0n) is 9.03. The molecule has 1 aliphatic rings. The van der Waals surface area contributed by atoms with Crippen LogP contribution in [0.3, 0.4) is 0 Å². The van der Waals surface area contributed by atoms with Gasteiger partial charge >= 0.3 is 0 Å². The zero-order chi connectivity index (χ0) is 10.1. The fraction of sp³-hybridized carbons (Fsp3) is 0.727. The van der Waals surface area contributed by atoms with Crippen molar-refractivity contribution < 1.29 is 0 Å². The first-order valence-corrected chi connectivity index (χ1v) is 5.45.